The Bertz CT molecular complexity index is 977. The van der Waals surface area contributed by atoms with Gasteiger partial charge in [-0.15, -0.1) is 7.94 Å². The molecule has 0 aliphatic rings. The van der Waals surface area contributed by atoms with Crippen molar-refractivity contribution in [3.63, 3.8) is 0 Å². The summed E-state index contributed by atoms with van der Waals surface area (Å²) >= 11 is 0. The second kappa shape index (κ2) is 10.5. The Morgan fingerprint density at radius 2 is 1.83 bits per heavy atom. The molecule has 0 bridgehead atoms. The summed E-state index contributed by atoms with van der Waals surface area (Å²) in [6.45, 7) is 4.05. The fourth-order valence-corrected chi connectivity index (χ4v) is 5.20. The number of rotatable bonds is 10. The predicted molar refractivity (Wildman–Crippen MR) is 111 cm³/mol. The first-order chi connectivity index (χ1) is 14.0. The van der Waals surface area contributed by atoms with Crippen LogP contribution in [0.1, 0.15) is 37.8 Å². The number of allylic oxidation sites excluding steroid dienone is 2. The van der Waals surface area contributed by atoms with E-state index in [0.717, 1.165) is 23.3 Å². The molecule has 0 aliphatic carbocycles. The highest BCUT2D eigenvalue weighted by atomic mass is 32.2. The Balaban J connectivity index is 2.07. The standard InChI is InChI=1S/C21H27O7PS/c1-16(2)13-14-18-9-3-4-11-20(18)28-19-10-5-7-17(15-19)8-6-12-21(29(22,23)24)30(25,26)27/h3-5,7,9-11,13,15,21H,6,8,12,14H2,1-2H3,(H2,22,23,24)(H,25,26,27)/p-2. The summed E-state index contributed by atoms with van der Waals surface area (Å²) < 4.78 is 37.3. The van der Waals surface area contributed by atoms with Gasteiger partial charge in [-0.05, 0) is 62.4 Å². The molecule has 9 heteroatoms. The Morgan fingerprint density at radius 1 is 1.13 bits per heavy atom. The van der Waals surface area contributed by atoms with Crippen molar-refractivity contribution in [1.29, 1.82) is 0 Å². The van der Waals surface area contributed by atoms with Crippen molar-refractivity contribution in [3.05, 3.63) is 71.3 Å². The van der Waals surface area contributed by atoms with E-state index in [4.69, 9.17) is 9.29 Å². The molecule has 1 unspecified atom stereocenters. The minimum Gasteiger partial charge on any atom is -0.687 e. The van der Waals surface area contributed by atoms with Gasteiger partial charge in [-0.2, -0.15) is 8.42 Å². The minimum atomic E-state index is -5.46. The van der Waals surface area contributed by atoms with E-state index in [1.165, 1.54) is 5.57 Å². The molecule has 7 nitrogen and oxygen atoms in total. The summed E-state index contributed by atoms with van der Waals surface area (Å²) in [5, 5.41) is 0. The van der Waals surface area contributed by atoms with Gasteiger partial charge in [-0.25, -0.2) is 0 Å². The van der Waals surface area contributed by atoms with Gasteiger partial charge in [0.1, 0.15) is 11.5 Å². The zero-order valence-electron chi connectivity index (χ0n) is 16.9. The van der Waals surface area contributed by atoms with Crippen LogP contribution in [0.2, 0.25) is 0 Å². The SMILES string of the molecule is CC(C)=CCc1ccccc1Oc1cccc(CCCC([P+]([O-])([O-])[O-])S(=O)(=O)O)c1. The van der Waals surface area contributed by atoms with Gasteiger partial charge in [0.25, 0.3) is 0 Å². The molecule has 0 saturated heterocycles. The van der Waals surface area contributed by atoms with E-state index < -0.39 is 29.5 Å². The van der Waals surface area contributed by atoms with Crippen molar-refractivity contribution < 1.29 is 32.4 Å². The average Bonchev–Trinajstić information content (AvgIpc) is 2.63. The number of hydrogen-bond donors (Lipinski definition) is 1. The highest BCUT2D eigenvalue weighted by molar-refractivity contribution is 7.94. The lowest BCUT2D eigenvalue weighted by molar-refractivity contribution is -0.428. The van der Waals surface area contributed by atoms with Gasteiger partial charge >= 0.3 is 10.1 Å². The van der Waals surface area contributed by atoms with Crippen LogP contribution in [-0.2, 0) is 23.0 Å². The van der Waals surface area contributed by atoms with Gasteiger partial charge in [0, 0.05) is 6.42 Å². The fourth-order valence-electron chi connectivity index (χ4n) is 2.93. The predicted octanol–water partition coefficient (Wildman–Crippen LogP) is 2.37. The number of benzene rings is 2. The molecule has 2 aromatic rings. The summed E-state index contributed by atoms with van der Waals surface area (Å²) in [6, 6.07) is 14.8. The molecule has 0 amide bonds. The van der Waals surface area contributed by atoms with Gasteiger partial charge in [-0.3, -0.25) is 4.55 Å². The van der Waals surface area contributed by atoms with Crippen LogP contribution in [-0.4, -0.2) is 18.0 Å². The average molecular weight is 452 g/mol. The molecule has 1 atom stereocenters. The van der Waals surface area contributed by atoms with Gasteiger partial charge in [0.05, 0.1) is 0 Å². The summed E-state index contributed by atoms with van der Waals surface area (Å²) in [5.74, 6) is 1.30. The highest BCUT2D eigenvalue weighted by Gasteiger charge is 2.30. The van der Waals surface area contributed by atoms with Crippen LogP contribution in [0.4, 0.5) is 0 Å². The van der Waals surface area contributed by atoms with Gasteiger partial charge < -0.3 is 19.4 Å². The lowest BCUT2D eigenvalue weighted by atomic mass is 10.1. The van der Waals surface area contributed by atoms with Gasteiger partial charge in [-0.1, -0.05) is 42.0 Å². The third-order valence-corrected chi connectivity index (χ3v) is 7.90. The van der Waals surface area contributed by atoms with Crippen molar-refractivity contribution in [1.82, 2.24) is 0 Å². The molecule has 2 aromatic carbocycles. The first kappa shape index (κ1) is 24.5. The molecule has 164 valence electrons. The number of aryl methyl sites for hydroxylation is 1. The van der Waals surface area contributed by atoms with Crippen molar-refractivity contribution in [2.75, 3.05) is 0 Å². The monoisotopic (exact) mass is 452 g/mol. The van der Waals surface area contributed by atoms with Crippen molar-refractivity contribution >= 4 is 18.1 Å². The molecule has 0 heterocycles. The fraction of sp³-hybridized carbons (Fsp3) is 0.333. The molecule has 0 fully saturated rings. The molecule has 0 aliphatic heterocycles. The van der Waals surface area contributed by atoms with Crippen molar-refractivity contribution in [3.8, 4) is 11.5 Å². The summed E-state index contributed by atoms with van der Waals surface area (Å²) in [5.41, 5.74) is 3.02. The normalized spacial score (nSPS) is 13.0. The Labute approximate surface area is 178 Å². The van der Waals surface area contributed by atoms with E-state index in [9.17, 15) is 23.1 Å². The third-order valence-electron chi connectivity index (χ3n) is 4.44. The van der Waals surface area contributed by atoms with Gasteiger partial charge in [0.2, 0.25) is 0 Å². The Hall–Kier alpha value is -1.80. The zero-order valence-corrected chi connectivity index (χ0v) is 18.6. The summed E-state index contributed by atoms with van der Waals surface area (Å²) in [4.78, 5) is 31.0. The molecule has 0 radical (unpaired) electrons. The number of ether oxygens (including phenoxy) is 1. The van der Waals surface area contributed by atoms with Crippen LogP contribution in [0.5, 0.6) is 11.5 Å². The van der Waals surface area contributed by atoms with Crippen molar-refractivity contribution in [2.24, 2.45) is 0 Å². The topological polar surface area (TPSA) is 133 Å². The Kier molecular flexibility index (Phi) is 8.55. The quantitative estimate of drug-likeness (QED) is 0.332. The van der Waals surface area contributed by atoms with Crippen LogP contribution in [0.15, 0.2) is 60.2 Å². The van der Waals surface area contributed by atoms with E-state index in [1.807, 2.05) is 38.1 Å². The Morgan fingerprint density at radius 3 is 2.47 bits per heavy atom. The van der Waals surface area contributed by atoms with E-state index in [0.29, 0.717) is 12.2 Å². The van der Waals surface area contributed by atoms with Gasteiger partial charge in [0.15, 0.2) is 4.99 Å². The lowest BCUT2D eigenvalue weighted by Gasteiger charge is -2.46. The van der Waals surface area contributed by atoms with Crippen LogP contribution in [0.3, 0.4) is 0 Å². The maximum absolute atomic E-state index is 11.2. The van der Waals surface area contributed by atoms with Crippen LogP contribution >= 0.6 is 7.94 Å². The lowest BCUT2D eigenvalue weighted by Crippen LogP contribution is -2.44. The smallest absolute Gasteiger partial charge is 0.301 e. The maximum atomic E-state index is 11.2. The largest absolute Gasteiger partial charge is 0.687 e. The molecular weight excluding hydrogens is 427 g/mol. The molecule has 0 saturated carbocycles. The highest BCUT2D eigenvalue weighted by Crippen LogP contribution is 2.41. The summed E-state index contributed by atoms with van der Waals surface area (Å²) in [7, 11) is -10.4. The third kappa shape index (κ3) is 7.80. The molecule has 0 aromatic heterocycles. The second-order valence-electron chi connectivity index (χ2n) is 7.24. The molecule has 2 rings (SSSR count). The molecule has 0 spiro atoms. The molecular formula is C21H25O7PS-2. The first-order valence-corrected chi connectivity index (χ1v) is 12.5. The molecule has 30 heavy (non-hydrogen) atoms. The number of para-hydroxylation sites is 1. The maximum Gasteiger partial charge on any atom is 0.301 e. The van der Waals surface area contributed by atoms with Crippen LogP contribution in [0.25, 0.3) is 0 Å². The number of hydrogen-bond acceptors (Lipinski definition) is 6. The molecule has 1 N–H and O–H groups in total. The van der Waals surface area contributed by atoms with Crippen LogP contribution < -0.4 is 19.4 Å². The first-order valence-electron chi connectivity index (χ1n) is 9.43. The van der Waals surface area contributed by atoms with Crippen LogP contribution in [0, 0.1) is 0 Å². The van der Waals surface area contributed by atoms with E-state index >= 15 is 0 Å². The minimum absolute atomic E-state index is 0.0968. The summed E-state index contributed by atoms with van der Waals surface area (Å²) in [6.07, 6.45) is 2.79. The van der Waals surface area contributed by atoms with E-state index in [2.05, 4.69) is 6.08 Å². The van der Waals surface area contributed by atoms with Crippen molar-refractivity contribution in [2.45, 2.75) is 44.5 Å². The van der Waals surface area contributed by atoms with E-state index in [-0.39, 0.29) is 6.42 Å². The second-order valence-corrected chi connectivity index (χ2v) is 10.9. The van der Waals surface area contributed by atoms with E-state index in [1.54, 1.807) is 24.3 Å². The zero-order chi connectivity index (χ0) is 22.4.